The number of aromatic nitrogens is 1. The molecule has 1 aliphatic heterocycles. The van der Waals surface area contributed by atoms with Crippen molar-refractivity contribution in [2.24, 2.45) is 0 Å². The number of aryl methyl sites for hydroxylation is 1. The van der Waals surface area contributed by atoms with Gasteiger partial charge in [-0.2, -0.15) is 0 Å². The fraction of sp³-hybridized carbons (Fsp3) is 0.750. The van der Waals surface area contributed by atoms with Crippen molar-refractivity contribution in [1.29, 1.82) is 0 Å². The van der Waals surface area contributed by atoms with Crippen LogP contribution in [0.15, 0.2) is 5.51 Å². The van der Waals surface area contributed by atoms with Gasteiger partial charge >= 0.3 is 0 Å². The van der Waals surface area contributed by atoms with Gasteiger partial charge in [-0.3, -0.25) is 4.90 Å². The first kappa shape index (κ1) is 14.9. The lowest BCUT2D eigenvalue weighted by molar-refractivity contribution is 0.201. The summed E-state index contributed by atoms with van der Waals surface area (Å²) in [5, 5.41) is 3.45. The molecule has 1 atom stereocenters. The molecular weight excluding hydrogens is 254 g/mol. The molecule has 0 bridgehead atoms. The molecule has 0 amide bonds. The zero-order chi connectivity index (χ0) is 11.4. The topological polar surface area (TPSA) is 28.2 Å². The predicted octanol–water partition coefficient (Wildman–Crippen LogP) is 2.45. The summed E-state index contributed by atoms with van der Waals surface area (Å²) < 4.78 is 0. The van der Waals surface area contributed by atoms with Crippen LogP contribution in [0, 0.1) is 6.92 Å². The summed E-state index contributed by atoms with van der Waals surface area (Å²) in [6.45, 7) is 8.97. The Morgan fingerprint density at radius 2 is 2.41 bits per heavy atom. The van der Waals surface area contributed by atoms with Crippen LogP contribution in [0.5, 0.6) is 0 Å². The highest BCUT2D eigenvalue weighted by atomic mass is 35.5. The Balaban J connectivity index is 0.00000144. The van der Waals surface area contributed by atoms with E-state index in [-0.39, 0.29) is 12.4 Å². The lowest BCUT2D eigenvalue weighted by Crippen LogP contribution is -2.36. The third kappa shape index (κ3) is 3.91. The van der Waals surface area contributed by atoms with Crippen LogP contribution in [0.2, 0.25) is 0 Å². The average molecular weight is 276 g/mol. The summed E-state index contributed by atoms with van der Waals surface area (Å²) in [6, 6.07) is 0.724. The van der Waals surface area contributed by atoms with E-state index in [2.05, 4.69) is 29.0 Å². The van der Waals surface area contributed by atoms with Crippen molar-refractivity contribution in [3.63, 3.8) is 0 Å². The standard InChI is InChI=1S/C12H21N3S.ClH/c1-3-6-15(11-4-5-13-7-11)8-12-10(2)14-9-16-12;/h9,11,13H,3-8H2,1-2H3;1H. The van der Waals surface area contributed by atoms with Gasteiger partial charge in [0, 0.05) is 24.0 Å². The van der Waals surface area contributed by atoms with E-state index in [0.717, 1.165) is 19.1 Å². The number of nitrogens with zero attached hydrogens (tertiary/aromatic N) is 2. The monoisotopic (exact) mass is 275 g/mol. The molecule has 1 aromatic heterocycles. The van der Waals surface area contributed by atoms with Crippen LogP contribution in [-0.4, -0.2) is 35.6 Å². The molecule has 3 nitrogen and oxygen atoms in total. The molecule has 0 saturated carbocycles. The van der Waals surface area contributed by atoms with Crippen molar-refractivity contribution in [3.8, 4) is 0 Å². The Morgan fingerprint density at radius 3 is 2.94 bits per heavy atom. The van der Waals surface area contributed by atoms with Crippen LogP contribution in [0.1, 0.15) is 30.3 Å². The largest absolute Gasteiger partial charge is 0.315 e. The van der Waals surface area contributed by atoms with Gasteiger partial charge in [0.1, 0.15) is 0 Å². The molecule has 0 aliphatic carbocycles. The van der Waals surface area contributed by atoms with E-state index in [4.69, 9.17) is 0 Å². The van der Waals surface area contributed by atoms with Gasteiger partial charge in [0.2, 0.25) is 0 Å². The Morgan fingerprint density at radius 1 is 1.59 bits per heavy atom. The molecule has 1 unspecified atom stereocenters. The number of hydrogen-bond acceptors (Lipinski definition) is 4. The number of rotatable bonds is 5. The Labute approximate surface area is 114 Å². The molecule has 2 heterocycles. The zero-order valence-electron chi connectivity index (χ0n) is 10.6. The summed E-state index contributed by atoms with van der Waals surface area (Å²) in [5.41, 5.74) is 3.17. The summed E-state index contributed by atoms with van der Waals surface area (Å²) in [7, 11) is 0. The summed E-state index contributed by atoms with van der Waals surface area (Å²) >= 11 is 1.79. The minimum atomic E-state index is 0. The van der Waals surface area contributed by atoms with Crippen molar-refractivity contribution < 1.29 is 0 Å². The second-order valence-electron chi connectivity index (χ2n) is 4.48. The molecule has 1 N–H and O–H groups in total. The minimum Gasteiger partial charge on any atom is -0.315 e. The molecule has 1 saturated heterocycles. The molecule has 0 radical (unpaired) electrons. The van der Waals surface area contributed by atoms with Gasteiger partial charge in [-0.15, -0.1) is 23.7 Å². The van der Waals surface area contributed by atoms with Gasteiger partial charge in [-0.05, 0) is 32.9 Å². The van der Waals surface area contributed by atoms with Gasteiger partial charge in [-0.1, -0.05) is 6.92 Å². The summed E-state index contributed by atoms with van der Waals surface area (Å²) in [4.78, 5) is 8.38. The van der Waals surface area contributed by atoms with Gasteiger partial charge in [-0.25, -0.2) is 4.98 Å². The number of halogens is 1. The third-order valence-electron chi connectivity index (χ3n) is 3.25. The number of thiazole rings is 1. The first-order valence-corrected chi connectivity index (χ1v) is 7.03. The minimum absolute atomic E-state index is 0. The van der Waals surface area contributed by atoms with Gasteiger partial charge < -0.3 is 5.32 Å². The van der Waals surface area contributed by atoms with E-state index in [1.807, 2.05) is 5.51 Å². The molecule has 98 valence electrons. The Bertz CT molecular complexity index is 323. The molecule has 1 aromatic rings. The molecule has 1 aliphatic rings. The highest BCUT2D eigenvalue weighted by Crippen LogP contribution is 2.19. The normalized spacial score (nSPS) is 19.6. The Kier molecular flexibility index (Phi) is 6.41. The highest BCUT2D eigenvalue weighted by molar-refractivity contribution is 7.09. The van der Waals surface area contributed by atoms with Crippen LogP contribution < -0.4 is 5.32 Å². The molecule has 1 fully saturated rings. The first-order valence-electron chi connectivity index (χ1n) is 6.15. The maximum absolute atomic E-state index is 4.33. The van der Waals surface area contributed by atoms with E-state index in [9.17, 15) is 0 Å². The quantitative estimate of drug-likeness (QED) is 0.895. The SMILES string of the molecule is CCCN(Cc1scnc1C)C1CCNC1.Cl. The fourth-order valence-electron chi connectivity index (χ4n) is 2.29. The molecule has 2 rings (SSSR count). The zero-order valence-corrected chi connectivity index (χ0v) is 12.2. The summed E-state index contributed by atoms with van der Waals surface area (Å²) in [6.07, 6.45) is 2.52. The van der Waals surface area contributed by atoms with E-state index in [0.29, 0.717) is 0 Å². The molecule has 0 spiro atoms. The lowest BCUT2D eigenvalue weighted by atomic mass is 10.2. The van der Waals surface area contributed by atoms with Crippen molar-refractivity contribution in [3.05, 3.63) is 16.1 Å². The van der Waals surface area contributed by atoms with Crippen LogP contribution in [0.4, 0.5) is 0 Å². The molecule has 5 heteroatoms. The van der Waals surface area contributed by atoms with Crippen molar-refractivity contribution in [1.82, 2.24) is 15.2 Å². The predicted molar refractivity (Wildman–Crippen MR) is 76.1 cm³/mol. The molecule has 17 heavy (non-hydrogen) atoms. The number of nitrogens with one attached hydrogen (secondary N) is 1. The summed E-state index contributed by atoms with van der Waals surface area (Å²) in [5.74, 6) is 0. The van der Waals surface area contributed by atoms with E-state index < -0.39 is 0 Å². The van der Waals surface area contributed by atoms with Crippen molar-refractivity contribution in [2.45, 2.75) is 39.3 Å². The third-order valence-corrected chi connectivity index (χ3v) is 4.17. The highest BCUT2D eigenvalue weighted by Gasteiger charge is 2.22. The second kappa shape index (κ2) is 7.31. The maximum Gasteiger partial charge on any atom is 0.0798 e. The van der Waals surface area contributed by atoms with Crippen molar-refractivity contribution >= 4 is 23.7 Å². The van der Waals surface area contributed by atoms with Gasteiger partial charge in [0.15, 0.2) is 0 Å². The van der Waals surface area contributed by atoms with E-state index in [1.165, 1.54) is 36.5 Å². The van der Waals surface area contributed by atoms with Crippen LogP contribution in [0.25, 0.3) is 0 Å². The fourth-order valence-corrected chi connectivity index (χ4v) is 3.09. The van der Waals surface area contributed by atoms with E-state index >= 15 is 0 Å². The van der Waals surface area contributed by atoms with E-state index in [1.54, 1.807) is 11.3 Å². The number of hydrogen-bond donors (Lipinski definition) is 1. The average Bonchev–Trinajstić information content (AvgIpc) is 2.90. The Hall–Kier alpha value is -0.160. The molecular formula is C12H22ClN3S. The van der Waals surface area contributed by atoms with Crippen LogP contribution in [0.3, 0.4) is 0 Å². The first-order chi connectivity index (χ1) is 7.81. The van der Waals surface area contributed by atoms with Crippen molar-refractivity contribution in [2.75, 3.05) is 19.6 Å². The van der Waals surface area contributed by atoms with Crippen LogP contribution >= 0.6 is 23.7 Å². The lowest BCUT2D eigenvalue weighted by Gasteiger charge is -2.27. The van der Waals surface area contributed by atoms with Gasteiger partial charge in [0.25, 0.3) is 0 Å². The maximum atomic E-state index is 4.33. The second-order valence-corrected chi connectivity index (χ2v) is 5.42. The smallest absolute Gasteiger partial charge is 0.0798 e. The molecule has 0 aromatic carbocycles. The van der Waals surface area contributed by atoms with Gasteiger partial charge in [0.05, 0.1) is 11.2 Å². The van der Waals surface area contributed by atoms with Crippen LogP contribution in [-0.2, 0) is 6.54 Å².